The highest BCUT2D eigenvalue weighted by atomic mass is 16.5. The average molecular weight is 408 g/mol. The normalized spacial score (nSPS) is 30.1. The molecule has 0 saturated heterocycles. The van der Waals surface area contributed by atoms with Gasteiger partial charge in [-0.1, -0.05) is 39.0 Å². The number of Topliss-reactive ketones (excluding diaryl/α,β-unsaturated/α-hetero) is 1. The molecule has 1 aromatic carbocycles. The number of benzene rings is 1. The van der Waals surface area contributed by atoms with E-state index in [4.69, 9.17) is 4.74 Å². The minimum atomic E-state index is -0.670. The number of aromatic nitrogens is 1. The first kappa shape index (κ1) is 20.9. The summed E-state index contributed by atoms with van der Waals surface area (Å²) in [6.07, 6.45) is 4.12. The molecule has 30 heavy (non-hydrogen) atoms. The van der Waals surface area contributed by atoms with Crippen LogP contribution in [0, 0.1) is 16.7 Å². The first-order valence-electron chi connectivity index (χ1n) is 10.8. The lowest BCUT2D eigenvalue weighted by molar-refractivity contribution is -0.172. The Labute approximate surface area is 179 Å². The van der Waals surface area contributed by atoms with Crippen LogP contribution in [0.15, 0.2) is 37.1 Å². The Morgan fingerprint density at radius 2 is 1.93 bits per heavy atom. The van der Waals surface area contributed by atoms with Crippen molar-refractivity contribution in [2.75, 3.05) is 0 Å². The van der Waals surface area contributed by atoms with E-state index in [1.807, 2.05) is 39.8 Å². The van der Waals surface area contributed by atoms with E-state index in [0.29, 0.717) is 6.42 Å². The van der Waals surface area contributed by atoms with Crippen LogP contribution < -0.4 is 0 Å². The molecule has 4 nitrogen and oxygen atoms in total. The third-order valence-electron chi connectivity index (χ3n) is 7.62. The lowest BCUT2D eigenvalue weighted by Crippen LogP contribution is -2.53. The summed E-state index contributed by atoms with van der Waals surface area (Å²) in [4.78, 5) is 26.8. The largest absolute Gasteiger partial charge is 0.461 e. The number of ether oxygens (including phenoxy) is 1. The fraction of sp³-hybridized carbons (Fsp3) is 0.538. The summed E-state index contributed by atoms with van der Waals surface area (Å²) < 4.78 is 8.28. The van der Waals surface area contributed by atoms with Crippen LogP contribution in [-0.4, -0.2) is 22.4 Å². The summed E-state index contributed by atoms with van der Waals surface area (Å²) >= 11 is 0. The van der Waals surface area contributed by atoms with Crippen molar-refractivity contribution in [3.63, 3.8) is 0 Å². The third kappa shape index (κ3) is 2.65. The minimum absolute atomic E-state index is 0.230. The molecule has 1 saturated carbocycles. The van der Waals surface area contributed by atoms with E-state index in [9.17, 15) is 9.59 Å². The molecule has 1 heterocycles. The van der Waals surface area contributed by atoms with Crippen molar-refractivity contribution < 1.29 is 14.3 Å². The molecule has 160 valence electrons. The molecule has 0 spiro atoms. The Kier molecular flexibility index (Phi) is 4.40. The van der Waals surface area contributed by atoms with Gasteiger partial charge < -0.3 is 9.30 Å². The summed E-state index contributed by atoms with van der Waals surface area (Å²) in [5.74, 6) is -0.623. The van der Waals surface area contributed by atoms with Crippen molar-refractivity contribution in [2.24, 2.45) is 23.8 Å². The Hall–Kier alpha value is -2.36. The van der Waals surface area contributed by atoms with Crippen molar-refractivity contribution in [1.29, 1.82) is 0 Å². The maximum Gasteiger partial charge on any atom is 0.311 e. The highest BCUT2D eigenvalue weighted by molar-refractivity contribution is 6.01. The van der Waals surface area contributed by atoms with Crippen molar-refractivity contribution in [3.05, 3.63) is 48.2 Å². The Bertz CT molecular complexity index is 1070. The van der Waals surface area contributed by atoms with Gasteiger partial charge >= 0.3 is 5.97 Å². The van der Waals surface area contributed by atoms with Crippen molar-refractivity contribution in [3.8, 4) is 0 Å². The van der Waals surface area contributed by atoms with E-state index >= 15 is 0 Å². The first-order chi connectivity index (χ1) is 13.8. The maximum absolute atomic E-state index is 13.9. The van der Waals surface area contributed by atoms with Gasteiger partial charge in [0.1, 0.15) is 11.9 Å². The van der Waals surface area contributed by atoms with Gasteiger partial charge in [-0.15, -0.1) is 6.58 Å². The van der Waals surface area contributed by atoms with Crippen LogP contribution >= 0.6 is 0 Å². The maximum atomic E-state index is 13.9. The quantitative estimate of drug-likeness (QED) is 0.502. The standard InChI is InChI=1S/C26H33NO3/c1-9-26(7)19(30-23(29)24(2,3)4)13-16-22(28)21(26)15-11-10-12-18-20(15)17(14-27(18)8)25(16,5)6/h9-12,14,16,19,21H,1,13H2,2-8H3/t16-,19-,21-,26+/m0/s1. The topological polar surface area (TPSA) is 48.3 Å². The molecule has 4 heteroatoms. The highest BCUT2D eigenvalue weighted by Crippen LogP contribution is 2.58. The fourth-order valence-corrected chi connectivity index (χ4v) is 5.54. The summed E-state index contributed by atoms with van der Waals surface area (Å²) in [6, 6.07) is 6.21. The summed E-state index contributed by atoms with van der Waals surface area (Å²) in [7, 11) is 2.06. The monoisotopic (exact) mass is 407 g/mol. The predicted molar refractivity (Wildman–Crippen MR) is 119 cm³/mol. The fourth-order valence-electron chi connectivity index (χ4n) is 5.54. The van der Waals surface area contributed by atoms with Crippen molar-refractivity contribution >= 4 is 22.7 Å². The van der Waals surface area contributed by atoms with Gasteiger partial charge in [-0.3, -0.25) is 9.59 Å². The van der Waals surface area contributed by atoms with Crippen LogP contribution in [-0.2, 0) is 26.8 Å². The zero-order valence-electron chi connectivity index (χ0n) is 19.2. The summed E-state index contributed by atoms with van der Waals surface area (Å²) in [6.45, 7) is 16.0. The van der Waals surface area contributed by atoms with Gasteiger partial charge in [-0.25, -0.2) is 0 Å². The molecule has 4 atom stereocenters. The van der Waals surface area contributed by atoms with E-state index in [1.54, 1.807) is 0 Å². The number of aryl methyl sites for hydroxylation is 1. The van der Waals surface area contributed by atoms with E-state index in [1.165, 1.54) is 10.9 Å². The molecule has 4 rings (SSSR count). The second-order valence-electron chi connectivity index (χ2n) is 11.0. The van der Waals surface area contributed by atoms with Crippen molar-refractivity contribution in [1.82, 2.24) is 4.57 Å². The molecule has 0 radical (unpaired) electrons. The summed E-state index contributed by atoms with van der Waals surface area (Å²) in [5.41, 5.74) is 1.72. The van der Waals surface area contributed by atoms with Crippen LogP contribution in [0.4, 0.5) is 0 Å². The van der Waals surface area contributed by atoms with Crippen LogP contribution in [0.25, 0.3) is 10.9 Å². The SMILES string of the molecule is C=C[C@]1(C)[C@@H](OC(=O)C(C)(C)C)C[C@H]2C(=O)[C@@H]1c1cccc3c1c(cn3C)C2(C)C. The molecule has 0 amide bonds. The second kappa shape index (κ2) is 6.32. The molecule has 2 bridgehead atoms. The number of carbonyl (C=O) groups is 2. The molecule has 0 unspecified atom stereocenters. The molecule has 0 N–H and O–H groups in total. The Balaban J connectivity index is 1.98. The third-order valence-corrected chi connectivity index (χ3v) is 7.62. The Morgan fingerprint density at radius 1 is 1.27 bits per heavy atom. The molecular weight excluding hydrogens is 374 g/mol. The summed E-state index contributed by atoms with van der Waals surface area (Å²) in [5, 5.41) is 1.17. The van der Waals surface area contributed by atoms with Crippen molar-refractivity contribution in [2.45, 2.75) is 65.4 Å². The smallest absolute Gasteiger partial charge is 0.311 e. The number of rotatable bonds is 2. The number of fused-ring (bicyclic) bond motifs is 3. The zero-order valence-corrected chi connectivity index (χ0v) is 19.2. The number of esters is 1. The molecule has 1 fully saturated rings. The average Bonchev–Trinajstić information content (AvgIpc) is 2.99. The lowest BCUT2D eigenvalue weighted by Gasteiger charge is -2.49. The van der Waals surface area contributed by atoms with E-state index in [0.717, 1.165) is 11.1 Å². The Morgan fingerprint density at radius 3 is 2.53 bits per heavy atom. The van der Waals surface area contributed by atoms with Gasteiger partial charge in [0, 0.05) is 40.9 Å². The van der Waals surface area contributed by atoms with Gasteiger partial charge in [0.15, 0.2) is 0 Å². The molecule has 2 aliphatic carbocycles. The van der Waals surface area contributed by atoms with Crippen LogP contribution in [0.5, 0.6) is 0 Å². The second-order valence-corrected chi connectivity index (χ2v) is 11.0. The number of ketones is 1. The van der Waals surface area contributed by atoms with Gasteiger partial charge in [0.05, 0.1) is 11.3 Å². The van der Waals surface area contributed by atoms with Gasteiger partial charge in [0.25, 0.3) is 0 Å². The number of carbonyl (C=O) groups excluding carboxylic acids is 2. The molecule has 0 aliphatic heterocycles. The van der Waals surface area contributed by atoms with E-state index < -0.39 is 22.9 Å². The van der Waals surface area contributed by atoms with Gasteiger partial charge in [-0.2, -0.15) is 0 Å². The highest BCUT2D eigenvalue weighted by Gasteiger charge is 2.58. The minimum Gasteiger partial charge on any atom is -0.461 e. The van der Waals surface area contributed by atoms with Crippen LogP contribution in [0.1, 0.15) is 65.0 Å². The van der Waals surface area contributed by atoms with Crippen LogP contribution in [0.2, 0.25) is 0 Å². The van der Waals surface area contributed by atoms with E-state index in [2.05, 4.69) is 50.4 Å². The zero-order chi connectivity index (χ0) is 22.2. The molecule has 2 aromatic rings. The number of hydrogen-bond donors (Lipinski definition) is 0. The molecule has 2 aliphatic rings. The van der Waals surface area contributed by atoms with Gasteiger partial charge in [-0.05, 0) is 44.4 Å². The number of nitrogens with zero attached hydrogens (tertiary/aromatic N) is 1. The number of hydrogen-bond acceptors (Lipinski definition) is 3. The predicted octanol–water partition coefficient (Wildman–Crippen LogP) is 5.29. The van der Waals surface area contributed by atoms with Crippen LogP contribution in [0.3, 0.4) is 0 Å². The first-order valence-corrected chi connectivity index (χ1v) is 10.8. The van der Waals surface area contributed by atoms with Gasteiger partial charge in [0.2, 0.25) is 0 Å². The van der Waals surface area contributed by atoms with E-state index in [-0.39, 0.29) is 23.1 Å². The molecular formula is C26H33NO3. The lowest BCUT2D eigenvalue weighted by atomic mass is 9.56. The molecule has 1 aromatic heterocycles.